The van der Waals surface area contributed by atoms with Crippen LogP contribution in [0, 0.1) is 6.92 Å². The number of unbranched alkanes of at least 4 members (excludes halogenated alkanes) is 1. The average Bonchev–Trinajstić information content (AvgIpc) is 3.27. The molecule has 5 rings (SSSR count). The molecule has 1 aliphatic rings. The number of aryl methyl sites for hydroxylation is 2. The van der Waals surface area contributed by atoms with Gasteiger partial charge >= 0.3 is 12.2 Å². The van der Waals surface area contributed by atoms with E-state index in [4.69, 9.17) is 19.4 Å². The van der Waals surface area contributed by atoms with Crippen LogP contribution in [0.5, 0.6) is 5.75 Å². The number of urea groups is 1. The van der Waals surface area contributed by atoms with Gasteiger partial charge in [0.05, 0.1) is 17.9 Å². The molecule has 9 nitrogen and oxygen atoms in total. The number of para-hydroxylation sites is 1. The average molecular weight is 570 g/mol. The molecule has 0 atom stereocenters. The standard InChI is InChI=1S/C33H39N5O4/c1-6-7-13-29-36-26-20-27(37-19-10-18-34-31(37)39)22(2)35-30(26)38(29)21-23-14-16-24(17-15-23)25-11-8-9-12-28(25)41-32(40)42-33(3,4)5/h8-9,11-12,14-17,20H,6-7,10,13,18-19,21H2,1-5H3,(H,34,39). The molecular weight excluding hydrogens is 530 g/mol. The highest BCUT2D eigenvalue weighted by Crippen LogP contribution is 2.32. The predicted octanol–water partition coefficient (Wildman–Crippen LogP) is 7.03. The number of hydrogen-bond donors (Lipinski definition) is 1. The molecule has 3 heterocycles. The third-order valence-electron chi connectivity index (χ3n) is 7.16. The maximum Gasteiger partial charge on any atom is 0.514 e. The molecule has 220 valence electrons. The second kappa shape index (κ2) is 12.2. The lowest BCUT2D eigenvalue weighted by Crippen LogP contribution is -2.46. The topological polar surface area (TPSA) is 98.6 Å². The molecule has 0 spiro atoms. The summed E-state index contributed by atoms with van der Waals surface area (Å²) in [5, 5.41) is 2.92. The lowest BCUT2D eigenvalue weighted by molar-refractivity contribution is 0.0207. The van der Waals surface area contributed by atoms with Gasteiger partial charge in [-0.1, -0.05) is 55.8 Å². The zero-order valence-corrected chi connectivity index (χ0v) is 25.1. The smallest absolute Gasteiger partial charge is 0.428 e. The van der Waals surface area contributed by atoms with E-state index in [1.54, 1.807) is 31.7 Å². The number of carbonyl (C=O) groups is 2. The summed E-state index contributed by atoms with van der Waals surface area (Å²) >= 11 is 0. The first-order chi connectivity index (χ1) is 20.1. The van der Waals surface area contributed by atoms with E-state index in [1.807, 2.05) is 43.3 Å². The highest BCUT2D eigenvalue weighted by Gasteiger charge is 2.24. The molecule has 2 aromatic carbocycles. The van der Waals surface area contributed by atoms with E-state index in [0.717, 1.165) is 70.7 Å². The summed E-state index contributed by atoms with van der Waals surface area (Å²) in [6, 6.07) is 17.6. The molecule has 0 saturated carbocycles. The number of fused-ring (bicyclic) bond motifs is 1. The van der Waals surface area contributed by atoms with Gasteiger partial charge in [-0.2, -0.15) is 0 Å². The van der Waals surface area contributed by atoms with Crippen molar-refractivity contribution in [2.75, 3.05) is 18.0 Å². The van der Waals surface area contributed by atoms with Crippen molar-refractivity contribution < 1.29 is 19.1 Å². The number of pyridine rings is 1. The van der Waals surface area contributed by atoms with Crippen LogP contribution in [0.15, 0.2) is 54.6 Å². The Balaban J connectivity index is 1.43. The quantitative estimate of drug-likeness (QED) is 0.181. The van der Waals surface area contributed by atoms with Gasteiger partial charge in [0, 0.05) is 25.1 Å². The monoisotopic (exact) mass is 569 g/mol. The fraction of sp³-hybridized carbons (Fsp3) is 0.394. The largest absolute Gasteiger partial charge is 0.514 e. The summed E-state index contributed by atoms with van der Waals surface area (Å²) < 4.78 is 13.1. The van der Waals surface area contributed by atoms with Crippen molar-refractivity contribution in [2.45, 2.75) is 72.4 Å². The molecule has 0 radical (unpaired) electrons. The third kappa shape index (κ3) is 6.56. The number of aromatic nitrogens is 3. The molecule has 1 fully saturated rings. The SMILES string of the molecule is CCCCc1nc2cc(N3CCCNC3=O)c(C)nc2n1Cc1ccc(-c2ccccc2OC(=O)OC(C)(C)C)cc1. The normalized spacial score (nSPS) is 13.7. The van der Waals surface area contributed by atoms with E-state index in [0.29, 0.717) is 25.4 Å². The van der Waals surface area contributed by atoms with E-state index in [9.17, 15) is 9.59 Å². The van der Waals surface area contributed by atoms with E-state index >= 15 is 0 Å². The van der Waals surface area contributed by atoms with Crippen molar-refractivity contribution in [3.05, 3.63) is 71.7 Å². The summed E-state index contributed by atoms with van der Waals surface area (Å²) in [5.41, 5.74) is 5.42. The minimum absolute atomic E-state index is 0.0886. The Morgan fingerprint density at radius 1 is 1.07 bits per heavy atom. The van der Waals surface area contributed by atoms with Gasteiger partial charge in [0.15, 0.2) is 5.65 Å². The number of carbonyl (C=O) groups excluding carboxylic acids is 2. The molecule has 0 bridgehead atoms. The van der Waals surface area contributed by atoms with E-state index in [1.165, 1.54) is 0 Å². The van der Waals surface area contributed by atoms with Gasteiger partial charge in [-0.15, -0.1) is 0 Å². The van der Waals surface area contributed by atoms with Crippen LogP contribution in [0.25, 0.3) is 22.3 Å². The number of imidazole rings is 1. The van der Waals surface area contributed by atoms with Crippen LogP contribution in [0.3, 0.4) is 0 Å². The lowest BCUT2D eigenvalue weighted by Gasteiger charge is -2.28. The molecular formula is C33H39N5O4. The lowest BCUT2D eigenvalue weighted by atomic mass is 10.0. The molecule has 4 aromatic rings. The molecule has 42 heavy (non-hydrogen) atoms. The van der Waals surface area contributed by atoms with Crippen molar-refractivity contribution in [2.24, 2.45) is 0 Å². The number of rotatable bonds is 8. The Labute approximate surface area is 246 Å². The number of benzene rings is 2. The molecule has 1 saturated heterocycles. The van der Waals surface area contributed by atoms with Crippen LogP contribution in [-0.2, 0) is 17.7 Å². The second-order valence-electron chi connectivity index (χ2n) is 11.7. The van der Waals surface area contributed by atoms with Crippen molar-refractivity contribution >= 4 is 29.0 Å². The van der Waals surface area contributed by atoms with Gasteiger partial charge in [-0.3, -0.25) is 4.90 Å². The van der Waals surface area contributed by atoms with E-state index in [2.05, 4.69) is 28.9 Å². The number of nitrogens with zero attached hydrogens (tertiary/aromatic N) is 4. The van der Waals surface area contributed by atoms with Crippen molar-refractivity contribution in [3.8, 4) is 16.9 Å². The van der Waals surface area contributed by atoms with Crippen molar-refractivity contribution in [1.29, 1.82) is 0 Å². The number of hydrogen-bond acceptors (Lipinski definition) is 6. The Kier molecular flexibility index (Phi) is 8.47. The minimum Gasteiger partial charge on any atom is -0.428 e. The Hall–Kier alpha value is -4.40. The summed E-state index contributed by atoms with van der Waals surface area (Å²) in [4.78, 5) is 36.6. The number of ether oxygens (including phenoxy) is 2. The number of nitrogens with one attached hydrogen (secondary N) is 1. The number of amides is 2. The van der Waals surface area contributed by atoms with Crippen LogP contribution in [-0.4, -0.2) is 45.4 Å². The van der Waals surface area contributed by atoms with Crippen molar-refractivity contribution in [1.82, 2.24) is 19.9 Å². The molecule has 1 aliphatic heterocycles. The zero-order valence-electron chi connectivity index (χ0n) is 25.1. The first kappa shape index (κ1) is 29.1. The maximum absolute atomic E-state index is 12.5. The van der Waals surface area contributed by atoms with Crippen LogP contribution in [0.1, 0.15) is 64.0 Å². The molecule has 0 unspecified atom stereocenters. The maximum atomic E-state index is 12.5. The van der Waals surface area contributed by atoms with Crippen LogP contribution < -0.4 is 15.0 Å². The summed E-state index contributed by atoms with van der Waals surface area (Å²) in [5.74, 6) is 1.43. The van der Waals surface area contributed by atoms with E-state index in [-0.39, 0.29) is 6.03 Å². The van der Waals surface area contributed by atoms with Gasteiger partial charge in [0.1, 0.15) is 22.7 Å². The van der Waals surface area contributed by atoms with Gasteiger partial charge in [0.2, 0.25) is 0 Å². The highest BCUT2D eigenvalue weighted by molar-refractivity contribution is 5.95. The highest BCUT2D eigenvalue weighted by atomic mass is 16.7. The fourth-order valence-corrected chi connectivity index (χ4v) is 5.13. The molecule has 1 N–H and O–H groups in total. The Morgan fingerprint density at radius 2 is 1.83 bits per heavy atom. The van der Waals surface area contributed by atoms with Gasteiger partial charge in [-0.05, 0) is 63.8 Å². The zero-order chi connectivity index (χ0) is 29.9. The second-order valence-corrected chi connectivity index (χ2v) is 11.7. The van der Waals surface area contributed by atoms with Crippen LogP contribution in [0.2, 0.25) is 0 Å². The fourth-order valence-electron chi connectivity index (χ4n) is 5.13. The predicted molar refractivity (Wildman–Crippen MR) is 164 cm³/mol. The number of anilines is 1. The molecule has 0 aliphatic carbocycles. The summed E-state index contributed by atoms with van der Waals surface area (Å²) in [7, 11) is 0. The third-order valence-corrected chi connectivity index (χ3v) is 7.16. The Morgan fingerprint density at radius 3 is 2.55 bits per heavy atom. The first-order valence-corrected chi connectivity index (χ1v) is 14.6. The van der Waals surface area contributed by atoms with Gasteiger partial charge in [0.25, 0.3) is 0 Å². The van der Waals surface area contributed by atoms with Gasteiger partial charge < -0.3 is 19.4 Å². The van der Waals surface area contributed by atoms with Crippen molar-refractivity contribution in [3.63, 3.8) is 0 Å². The van der Waals surface area contributed by atoms with Gasteiger partial charge in [-0.25, -0.2) is 19.6 Å². The molecule has 2 amide bonds. The molecule has 2 aromatic heterocycles. The van der Waals surface area contributed by atoms with Crippen LogP contribution >= 0.6 is 0 Å². The minimum atomic E-state index is -0.731. The van der Waals surface area contributed by atoms with E-state index < -0.39 is 11.8 Å². The summed E-state index contributed by atoms with van der Waals surface area (Å²) in [6.45, 7) is 11.5. The first-order valence-electron chi connectivity index (χ1n) is 14.6. The summed E-state index contributed by atoms with van der Waals surface area (Å²) in [6.07, 6.45) is 3.10. The molecule has 9 heteroatoms. The van der Waals surface area contributed by atoms with Crippen LogP contribution in [0.4, 0.5) is 15.3 Å². The Bertz CT molecular complexity index is 1590.